The second-order valence-electron chi connectivity index (χ2n) is 8.90. The SMILES string of the molecule is CC(C)(C)C(=O)OCOP(=O)(/C=C/CNOCc1ccccc1)OCOC(=O)C(C)(C)C. The van der Waals surface area contributed by atoms with Crippen molar-refractivity contribution in [1.82, 2.24) is 5.48 Å². The molecule has 0 spiro atoms. The van der Waals surface area contributed by atoms with Crippen molar-refractivity contribution in [2.75, 3.05) is 20.1 Å². The van der Waals surface area contributed by atoms with E-state index < -0.39 is 44.0 Å². The van der Waals surface area contributed by atoms with Crippen molar-refractivity contribution < 1.29 is 37.5 Å². The quantitative estimate of drug-likeness (QED) is 0.154. The summed E-state index contributed by atoms with van der Waals surface area (Å²) in [6.45, 7) is 9.47. The van der Waals surface area contributed by atoms with Gasteiger partial charge < -0.3 is 9.47 Å². The maximum atomic E-state index is 12.9. The zero-order valence-electron chi connectivity index (χ0n) is 19.6. The first-order chi connectivity index (χ1) is 14.8. The smallest absolute Gasteiger partial charge is 0.359 e. The third-order valence-corrected chi connectivity index (χ3v) is 5.25. The minimum atomic E-state index is -3.87. The fourth-order valence-corrected chi connectivity index (χ4v) is 2.87. The molecule has 0 atom stereocenters. The van der Waals surface area contributed by atoms with Crippen LogP contribution in [0.25, 0.3) is 0 Å². The van der Waals surface area contributed by atoms with E-state index in [4.69, 9.17) is 23.4 Å². The third kappa shape index (κ3) is 11.5. The van der Waals surface area contributed by atoms with Crippen molar-refractivity contribution in [2.24, 2.45) is 10.8 Å². The lowest BCUT2D eigenvalue weighted by Crippen LogP contribution is -2.24. The van der Waals surface area contributed by atoms with Crippen LogP contribution < -0.4 is 5.48 Å². The van der Waals surface area contributed by atoms with Gasteiger partial charge in [-0.15, -0.1) is 0 Å². The van der Waals surface area contributed by atoms with Gasteiger partial charge in [0.05, 0.1) is 17.4 Å². The highest BCUT2D eigenvalue weighted by molar-refractivity contribution is 7.57. The van der Waals surface area contributed by atoms with E-state index in [2.05, 4.69) is 5.48 Å². The number of hydroxylamine groups is 1. The summed E-state index contributed by atoms with van der Waals surface area (Å²) in [6, 6.07) is 9.57. The van der Waals surface area contributed by atoms with E-state index >= 15 is 0 Å². The molecule has 0 saturated heterocycles. The number of nitrogens with one attached hydrogen (secondary N) is 1. The Morgan fingerprint density at radius 1 is 0.906 bits per heavy atom. The summed E-state index contributed by atoms with van der Waals surface area (Å²) < 4.78 is 33.3. The molecule has 0 bridgehead atoms. The van der Waals surface area contributed by atoms with E-state index in [1.165, 1.54) is 11.9 Å². The van der Waals surface area contributed by atoms with Crippen LogP contribution in [0.2, 0.25) is 0 Å². The number of rotatable bonds is 12. The van der Waals surface area contributed by atoms with Gasteiger partial charge in [0.1, 0.15) is 0 Å². The van der Waals surface area contributed by atoms with Gasteiger partial charge in [-0.2, -0.15) is 5.48 Å². The Kier molecular flexibility index (Phi) is 11.3. The lowest BCUT2D eigenvalue weighted by Gasteiger charge is -2.20. The standard InChI is InChI=1S/C22H34NO8P/c1-21(2,3)19(24)27-16-30-32(26,31-17-28-20(25)22(4,5)6)14-10-13-23-29-15-18-11-8-7-9-12-18/h7-12,14,23H,13,15-17H2,1-6H3/b14-10+. The normalized spacial score (nSPS) is 12.7. The molecule has 0 heterocycles. The fraction of sp³-hybridized carbons (Fsp3) is 0.545. The van der Waals surface area contributed by atoms with Crippen LogP contribution in [0.15, 0.2) is 42.2 Å². The van der Waals surface area contributed by atoms with Crippen molar-refractivity contribution in [3.05, 3.63) is 47.8 Å². The van der Waals surface area contributed by atoms with Gasteiger partial charge in [0.2, 0.25) is 13.6 Å². The van der Waals surface area contributed by atoms with Crippen molar-refractivity contribution in [1.29, 1.82) is 0 Å². The van der Waals surface area contributed by atoms with Crippen LogP contribution >= 0.6 is 7.60 Å². The van der Waals surface area contributed by atoms with Crippen molar-refractivity contribution in [3.63, 3.8) is 0 Å². The van der Waals surface area contributed by atoms with Gasteiger partial charge in [0.25, 0.3) is 0 Å². The molecule has 0 amide bonds. The molecule has 0 aromatic heterocycles. The van der Waals surface area contributed by atoms with Gasteiger partial charge in [0.15, 0.2) is 0 Å². The molecule has 0 fully saturated rings. The second-order valence-corrected chi connectivity index (χ2v) is 10.8. The Bertz CT molecular complexity index is 760. The van der Waals surface area contributed by atoms with Crippen molar-refractivity contribution in [2.45, 2.75) is 48.1 Å². The Morgan fingerprint density at radius 3 is 1.88 bits per heavy atom. The number of benzene rings is 1. The van der Waals surface area contributed by atoms with Crippen molar-refractivity contribution >= 4 is 19.5 Å². The maximum absolute atomic E-state index is 12.9. The Labute approximate surface area is 189 Å². The topological polar surface area (TPSA) is 109 Å². The molecule has 9 nitrogen and oxygen atoms in total. The highest BCUT2D eigenvalue weighted by Crippen LogP contribution is 2.49. The summed E-state index contributed by atoms with van der Waals surface area (Å²) in [5.41, 5.74) is 2.21. The molecule has 1 aromatic rings. The molecule has 0 aliphatic carbocycles. The summed E-state index contributed by atoms with van der Waals surface area (Å²) >= 11 is 0. The lowest BCUT2D eigenvalue weighted by atomic mass is 9.98. The lowest BCUT2D eigenvalue weighted by molar-refractivity contribution is -0.161. The molecule has 32 heavy (non-hydrogen) atoms. The summed E-state index contributed by atoms with van der Waals surface area (Å²) in [4.78, 5) is 29.1. The van der Waals surface area contributed by atoms with Crippen LogP contribution in [0, 0.1) is 10.8 Å². The third-order valence-electron chi connectivity index (χ3n) is 3.74. The van der Waals surface area contributed by atoms with Crippen LogP contribution in [-0.2, 0) is 44.1 Å². The van der Waals surface area contributed by atoms with Gasteiger partial charge in [-0.05, 0) is 47.1 Å². The number of hydrogen-bond donors (Lipinski definition) is 1. The molecule has 0 aliphatic heterocycles. The van der Waals surface area contributed by atoms with Crippen molar-refractivity contribution in [3.8, 4) is 0 Å². The summed E-state index contributed by atoms with van der Waals surface area (Å²) in [6.07, 6.45) is 1.48. The van der Waals surface area contributed by atoms with E-state index in [1.807, 2.05) is 30.3 Å². The first-order valence-corrected chi connectivity index (χ1v) is 11.7. The number of carbonyl (C=O) groups is 2. The van der Waals surface area contributed by atoms with E-state index in [1.54, 1.807) is 41.5 Å². The average Bonchev–Trinajstić information content (AvgIpc) is 2.70. The van der Waals surface area contributed by atoms with Crippen LogP contribution in [-0.4, -0.2) is 32.1 Å². The van der Waals surface area contributed by atoms with Gasteiger partial charge >= 0.3 is 19.5 Å². The fourth-order valence-electron chi connectivity index (χ4n) is 1.86. The first-order valence-electron chi connectivity index (χ1n) is 10.1. The Hall–Kier alpha value is -2.03. The highest BCUT2D eigenvalue weighted by Gasteiger charge is 2.28. The highest BCUT2D eigenvalue weighted by atomic mass is 31.2. The summed E-state index contributed by atoms with van der Waals surface area (Å²) in [5.74, 6) is 0.133. The second kappa shape index (κ2) is 12.9. The number of carbonyl (C=O) groups excluding carboxylic acids is 2. The summed E-state index contributed by atoms with van der Waals surface area (Å²) in [7, 11) is -3.87. The minimum absolute atomic E-state index is 0.201. The first kappa shape index (κ1) is 28.0. The molecule has 1 rings (SSSR count). The van der Waals surface area contributed by atoms with Gasteiger partial charge in [0, 0.05) is 12.4 Å². The van der Waals surface area contributed by atoms with Gasteiger partial charge in [-0.1, -0.05) is 36.4 Å². The molecule has 180 valence electrons. The molecular weight excluding hydrogens is 437 g/mol. The predicted octanol–water partition coefficient (Wildman–Crippen LogP) is 4.54. The predicted molar refractivity (Wildman–Crippen MR) is 119 cm³/mol. The van der Waals surface area contributed by atoms with Crippen LogP contribution in [0.3, 0.4) is 0 Å². The molecule has 0 unspecified atom stereocenters. The minimum Gasteiger partial charge on any atom is -0.438 e. The molecule has 1 aromatic carbocycles. The van der Waals surface area contributed by atoms with E-state index in [0.717, 1.165) is 5.56 Å². The van der Waals surface area contributed by atoms with Crippen LogP contribution in [0.4, 0.5) is 0 Å². The van der Waals surface area contributed by atoms with Gasteiger partial charge in [-0.3, -0.25) is 28.0 Å². The molecular formula is C22H34NO8P. The van der Waals surface area contributed by atoms with E-state index in [0.29, 0.717) is 6.61 Å². The zero-order chi connectivity index (χ0) is 24.3. The zero-order valence-corrected chi connectivity index (χ0v) is 20.5. The van der Waals surface area contributed by atoms with Crippen LogP contribution in [0.1, 0.15) is 47.1 Å². The monoisotopic (exact) mass is 471 g/mol. The Morgan fingerprint density at radius 2 is 1.41 bits per heavy atom. The molecule has 0 saturated carbocycles. The number of hydrogen-bond acceptors (Lipinski definition) is 9. The van der Waals surface area contributed by atoms with Crippen LogP contribution in [0.5, 0.6) is 0 Å². The van der Waals surface area contributed by atoms with E-state index in [9.17, 15) is 14.2 Å². The van der Waals surface area contributed by atoms with Gasteiger partial charge in [-0.25, -0.2) is 0 Å². The van der Waals surface area contributed by atoms with E-state index in [-0.39, 0.29) is 6.54 Å². The molecule has 0 radical (unpaired) electrons. The molecule has 10 heteroatoms. The molecule has 1 N–H and O–H groups in total. The average molecular weight is 471 g/mol. The Balaban J connectivity index is 2.58. The maximum Gasteiger partial charge on any atom is 0.359 e. The number of ether oxygens (including phenoxy) is 2. The largest absolute Gasteiger partial charge is 0.438 e. The molecule has 0 aliphatic rings. The summed E-state index contributed by atoms with van der Waals surface area (Å²) in [5, 5.41) is 0. The number of esters is 2.